The van der Waals surface area contributed by atoms with E-state index in [1.807, 2.05) is 6.08 Å². The molecule has 14 heavy (non-hydrogen) atoms. The lowest BCUT2D eigenvalue weighted by atomic mass is 9.70. The predicted octanol–water partition coefficient (Wildman–Crippen LogP) is 2.41. The summed E-state index contributed by atoms with van der Waals surface area (Å²) in [5.74, 6) is 0. The lowest BCUT2D eigenvalue weighted by molar-refractivity contribution is 0.364. The monoisotopic (exact) mass is 186 g/mol. The zero-order valence-electron chi connectivity index (χ0n) is 8.21. The van der Waals surface area contributed by atoms with Gasteiger partial charge in [-0.1, -0.05) is 18.2 Å². The topological polar surface area (TPSA) is 49.8 Å². The second-order valence-corrected chi connectivity index (χ2v) is 4.18. The van der Waals surface area contributed by atoms with Gasteiger partial charge in [0, 0.05) is 11.1 Å². The maximum absolute atomic E-state index is 9.07. The molecule has 2 rings (SSSR count). The van der Waals surface area contributed by atoms with Gasteiger partial charge >= 0.3 is 0 Å². The van der Waals surface area contributed by atoms with Gasteiger partial charge in [-0.2, -0.15) is 5.26 Å². The first kappa shape index (κ1) is 9.08. The Morgan fingerprint density at radius 3 is 2.64 bits per heavy atom. The Morgan fingerprint density at radius 2 is 2.07 bits per heavy atom. The van der Waals surface area contributed by atoms with Crippen LogP contribution in [0.2, 0.25) is 0 Å². The van der Waals surface area contributed by atoms with Gasteiger partial charge in [0.15, 0.2) is 0 Å². The zero-order valence-corrected chi connectivity index (χ0v) is 8.21. The Balaban J connectivity index is 2.31. The molecule has 2 heteroatoms. The molecule has 72 valence electrons. The van der Waals surface area contributed by atoms with Crippen LogP contribution in [0.3, 0.4) is 0 Å². The van der Waals surface area contributed by atoms with Crippen LogP contribution in [0, 0.1) is 16.7 Å². The first-order valence-corrected chi connectivity index (χ1v) is 4.94. The first-order chi connectivity index (χ1) is 6.68. The standard InChI is InChI=1S/C12H14N2/c1-9-2-5-12(6-3-9)7-4-11(14)10(12)8-13/h4,7H,1-3,5-6,14H2. The van der Waals surface area contributed by atoms with E-state index in [1.165, 1.54) is 5.57 Å². The minimum atomic E-state index is -0.0555. The van der Waals surface area contributed by atoms with Gasteiger partial charge in [-0.15, -0.1) is 0 Å². The van der Waals surface area contributed by atoms with Crippen LogP contribution in [0.25, 0.3) is 0 Å². The van der Waals surface area contributed by atoms with Crippen molar-refractivity contribution in [1.82, 2.24) is 0 Å². The lowest BCUT2D eigenvalue weighted by Crippen LogP contribution is -2.23. The molecule has 0 unspecified atom stereocenters. The van der Waals surface area contributed by atoms with Gasteiger partial charge < -0.3 is 5.73 Å². The number of nitrogens with two attached hydrogens (primary N) is 1. The summed E-state index contributed by atoms with van der Waals surface area (Å²) in [5, 5.41) is 9.07. The van der Waals surface area contributed by atoms with Crippen LogP contribution >= 0.6 is 0 Å². The van der Waals surface area contributed by atoms with Gasteiger partial charge in [0.2, 0.25) is 0 Å². The Hall–Kier alpha value is -1.49. The maximum atomic E-state index is 9.07. The molecule has 1 fully saturated rings. The molecule has 2 N–H and O–H groups in total. The van der Waals surface area contributed by atoms with Gasteiger partial charge in [0.25, 0.3) is 0 Å². The zero-order chi connectivity index (χ0) is 10.2. The molecular weight excluding hydrogens is 172 g/mol. The Morgan fingerprint density at radius 1 is 1.43 bits per heavy atom. The molecule has 0 aromatic carbocycles. The fourth-order valence-corrected chi connectivity index (χ4v) is 2.35. The fraction of sp³-hybridized carbons (Fsp3) is 0.417. The van der Waals surface area contributed by atoms with Crippen LogP contribution < -0.4 is 5.73 Å². The largest absolute Gasteiger partial charge is 0.398 e. The molecule has 0 atom stereocenters. The molecule has 0 radical (unpaired) electrons. The molecule has 0 heterocycles. The fourth-order valence-electron chi connectivity index (χ4n) is 2.35. The third kappa shape index (κ3) is 1.17. The van der Waals surface area contributed by atoms with Crippen LogP contribution in [0.4, 0.5) is 0 Å². The molecule has 0 aromatic heterocycles. The quantitative estimate of drug-likeness (QED) is 0.590. The summed E-state index contributed by atoms with van der Waals surface area (Å²) in [6, 6.07) is 2.25. The van der Waals surface area contributed by atoms with Crippen molar-refractivity contribution in [3.63, 3.8) is 0 Å². The highest BCUT2D eigenvalue weighted by Gasteiger charge is 2.38. The van der Waals surface area contributed by atoms with Gasteiger partial charge in [-0.05, 0) is 31.8 Å². The highest BCUT2D eigenvalue weighted by atomic mass is 14.6. The first-order valence-electron chi connectivity index (χ1n) is 4.94. The second kappa shape index (κ2) is 3.02. The van der Waals surface area contributed by atoms with Gasteiger partial charge in [0.1, 0.15) is 0 Å². The number of rotatable bonds is 0. The van der Waals surface area contributed by atoms with E-state index in [-0.39, 0.29) is 5.41 Å². The minimum Gasteiger partial charge on any atom is -0.398 e. The minimum absolute atomic E-state index is 0.0555. The van der Waals surface area contributed by atoms with E-state index in [4.69, 9.17) is 11.0 Å². The molecular formula is C12H14N2. The maximum Gasteiger partial charge on any atom is 0.0978 e. The van der Waals surface area contributed by atoms with Crippen LogP contribution in [-0.4, -0.2) is 0 Å². The van der Waals surface area contributed by atoms with Crippen LogP contribution in [0.15, 0.2) is 35.6 Å². The summed E-state index contributed by atoms with van der Waals surface area (Å²) in [5.41, 5.74) is 8.44. The van der Waals surface area contributed by atoms with Gasteiger partial charge in [-0.3, -0.25) is 0 Å². The highest BCUT2D eigenvalue weighted by molar-refractivity contribution is 5.48. The number of nitriles is 1. The average Bonchev–Trinajstić information content (AvgIpc) is 2.49. The lowest BCUT2D eigenvalue weighted by Gasteiger charge is -2.33. The summed E-state index contributed by atoms with van der Waals surface area (Å²) >= 11 is 0. The Labute approximate surface area is 84.4 Å². The number of hydrogen-bond donors (Lipinski definition) is 1. The third-order valence-corrected chi connectivity index (χ3v) is 3.33. The molecule has 2 aliphatic rings. The van der Waals surface area contributed by atoms with Crippen LogP contribution in [-0.2, 0) is 0 Å². The van der Waals surface area contributed by atoms with Gasteiger partial charge in [0.05, 0.1) is 11.6 Å². The summed E-state index contributed by atoms with van der Waals surface area (Å²) in [4.78, 5) is 0. The van der Waals surface area contributed by atoms with Crippen molar-refractivity contribution >= 4 is 0 Å². The van der Waals surface area contributed by atoms with E-state index in [0.717, 1.165) is 31.3 Å². The van der Waals surface area contributed by atoms with Crippen molar-refractivity contribution in [1.29, 1.82) is 5.26 Å². The number of nitrogens with zero attached hydrogens (tertiary/aromatic N) is 1. The van der Waals surface area contributed by atoms with Crippen molar-refractivity contribution in [2.24, 2.45) is 11.1 Å². The van der Waals surface area contributed by atoms with E-state index in [1.54, 1.807) is 0 Å². The highest BCUT2D eigenvalue weighted by Crippen LogP contribution is 2.48. The summed E-state index contributed by atoms with van der Waals surface area (Å²) in [6.45, 7) is 3.98. The molecule has 2 aliphatic carbocycles. The van der Waals surface area contributed by atoms with E-state index in [9.17, 15) is 0 Å². The Bertz CT molecular complexity index is 370. The molecule has 0 saturated heterocycles. The number of allylic oxidation sites excluding steroid dienone is 4. The van der Waals surface area contributed by atoms with Crippen molar-refractivity contribution in [3.8, 4) is 6.07 Å². The van der Waals surface area contributed by atoms with Crippen molar-refractivity contribution in [2.75, 3.05) is 0 Å². The molecule has 0 aliphatic heterocycles. The van der Waals surface area contributed by atoms with E-state index in [0.29, 0.717) is 5.70 Å². The molecule has 1 spiro atoms. The molecule has 2 nitrogen and oxygen atoms in total. The van der Waals surface area contributed by atoms with Crippen molar-refractivity contribution in [3.05, 3.63) is 35.6 Å². The SMILES string of the molecule is C=C1CCC2(C=CC(N)=C2C#N)CC1. The normalized spacial score (nSPS) is 24.4. The van der Waals surface area contributed by atoms with Crippen LogP contribution in [0.1, 0.15) is 25.7 Å². The molecule has 1 saturated carbocycles. The van der Waals surface area contributed by atoms with E-state index in [2.05, 4.69) is 18.7 Å². The van der Waals surface area contributed by atoms with Gasteiger partial charge in [-0.25, -0.2) is 0 Å². The van der Waals surface area contributed by atoms with E-state index < -0.39 is 0 Å². The van der Waals surface area contributed by atoms with Crippen molar-refractivity contribution in [2.45, 2.75) is 25.7 Å². The molecule has 0 aromatic rings. The molecule has 0 amide bonds. The predicted molar refractivity (Wildman–Crippen MR) is 56.0 cm³/mol. The smallest absolute Gasteiger partial charge is 0.0978 e. The Kier molecular flexibility index (Phi) is 1.96. The van der Waals surface area contributed by atoms with E-state index >= 15 is 0 Å². The number of hydrogen-bond acceptors (Lipinski definition) is 2. The average molecular weight is 186 g/mol. The second-order valence-electron chi connectivity index (χ2n) is 4.18. The summed E-state index contributed by atoms with van der Waals surface area (Å²) in [6.07, 6.45) is 8.00. The third-order valence-electron chi connectivity index (χ3n) is 3.33. The molecule has 0 bridgehead atoms. The van der Waals surface area contributed by atoms with Crippen molar-refractivity contribution < 1.29 is 0 Å². The summed E-state index contributed by atoms with van der Waals surface area (Å²) < 4.78 is 0. The summed E-state index contributed by atoms with van der Waals surface area (Å²) in [7, 11) is 0. The van der Waals surface area contributed by atoms with Crippen LogP contribution in [0.5, 0.6) is 0 Å².